The van der Waals surface area contributed by atoms with Gasteiger partial charge in [0.2, 0.25) is 25.8 Å². The van der Waals surface area contributed by atoms with Gasteiger partial charge in [-0.2, -0.15) is 4.31 Å². The fraction of sp³-hybridized carbons (Fsp3) is 0.467. The summed E-state index contributed by atoms with van der Waals surface area (Å²) in [5, 5.41) is 6.78. The molecule has 10 heteroatoms. The molecule has 25 heavy (non-hydrogen) atoms. The second-order valence-corrected chi connectivity index (χ2v) is 9.94. The number of nitrogens with zero attached hydrogens (tertiary/aromatic N) is 3. The van der Waals surface area contributed by atoms with E-state index in [4.69, 9.17) is 4.42 Å². The van der Waals surface area contributed by atoms with Crippen LogP contribution in [0.2, 0.25) is 0 Å². The molecular formula is C15H19N3O5S2. The van der Waals surface area contributed by atoms with Gasteiger partial charge < -0.3 is 4.42 Å². The van der Waals surface area contributed by atoms with E-state index in [1.807, 2.05) is 19.1 Å². The average molecular weight is 385 g/mol. The van der Waals surface area contributed by atoms with E-state index in [-0.39, 0.29) is 11.6 Å². The Morgan fingerprint density at radius 1 is 1.20 bits per heavy atom. The van der Waals surface area contributed by atoms with Crippen LogP contribution in [0.25, 0.3) is 0 Å². The highest BCUT2D eigenvalue weighted by Crippen LogP contribution is 2.35. The Bertz CT molecular complexity index is 982. The lowest BCUT2D eigenvalue weighted by Gasteiger charge is -2.22. The molecular weight excluding hydrogens is 366 g/mol. The molecule has 136 valence electrons. The SMILES string of the molecule is Cc1ccccc1CS(=O)(=O)N1CCC[C@H]1c1nnc(S(C)(=O)=O)o1. The molecule has 1 aliphatic rings. The smallest absolute Gasteiger partial charge is 0.335 e. The molecule has 0 bridgehead atoms. The molecule has 1 atom stereocenters. The quantitative estimate of drug-likeness (QED) is 0.766. The lowest BCUT2D eigenvalue weighted by molar-refractivity contribution is 0.303. The van der Waals surface area contributed by atoms with E-state index in [9.17, 15) is 16.8 Å². The summed E-state index contributed by atoms with van der Waals surface area (Å²) in [4.78, 5) is 0. The van der Waals surface area contributed by atoms with Gasteiger partial charge in [-0.05, 0) is 30.9 Å². The van der Waals surface area contributed by atoms with Gasteiger partial charge in [-0.1, -0.05) is 29.4 Å². The maximum absolute atomic E-state index is 12.9. The van der Waals surface area contributed by atoms with Crippen molar-refractivity contribution in [2.24, 2.45) is 0 Å². The molecule has 0 radical (unpaired) electrons. The third-order valence-corrected chi connectivity index (χ3v) is 6.81. The highest BCUT2D eigenvalue weighted by atomic mass is 32.2. The Kier molecular flexibility index (Phi) is 4.69. The van der Waals surface area contributed by atoms with Crippen molar-refractivity contribution in [2.75, 3.05) is 12.8 Å². The number of benzene rings is 1. The predicted molar refractivity (Wildman–Crippen MR) is 89.9 cm³/mol. The third-order valence-electron chi connectivity index (χ3n) is 4.18. The van der Waals surface area contributed by atoms with Crippen molar-refractivity contribution in [3.63, 3.8) is 0 Å². The van der Waals surface area contributed by atoms with Gasteiger partial charge in [-0.25, -0.2) is 16.8 Å². The minimum Gasteiger partial charge on any atom is -0.411 e. The van der Waals surface area contributed by atoms with Gasteiger partial charge in [0, 0.05) is 12.8 Å². The topological polar surface area (TPSA) is 110 Å². The zero-order valence-electron chi connectivity index (χ0n) is 13.9. The number of sulfonamides is 1. The van der Waals surface area contributed by atoms with E-state index in [0.29, 0.717) is 19.4 Å². The zero-order valence-corrected chi connectivity index (χ0v) is 15.5. The van der Waals surface area contributed by atoms with E-state index >= 15 is 0 Å². The predicted octanol–water partition coefficient (Wildman–Crippen LogP) is 1.45. The number of hydrogen-bond acceptors (Lipinski definition) is 7. The standard InChI is InChI=1S/C15H19N3O5S2/c1-11-6-3-4-7-12(11)10-25(21,22)18-9-5-8-13(18)14-16-17-15(23-14)24(2,19)20/h3-4,6-7,13H,5,8-10H2,1-2H3/t13-/m0/s1. The Labute approximate surface area is 146 Å². The normalized spacial score (nSPS) is 19.4. The Morgan fingerprint density at radius 3 is 2.56 bits per heavy atom. The van der Waals surface area contributed by atoms with Crippen molar-refractivity contribution in [2.45, 2.75) is 36.8 Å². The lowest BCUT2D eigenvalue weighted by Crippen LogP contribution is -2.32. The lowest BCUT2D eigenvalue weighted by atomic mass is 10.1. The summed E-state index contributed by atoms with van der Waals surface area (Å²) in [6.45, 7) is 2.21. The van der Waals surface area contributed by atoms with Crippen LogP contribution < -0.4 is 0 Å². The summed E-state index contributed by atoms with van der Waals surface area (Å²) in [5.41, 5.74) is 1.63. The van der Waals surface area contributed by atoms with Gasteiger partial charge in [0.15, 0.2) is 0 Å². The fourth-order valence-corrected chi connectivity index (χ4v) is 5.18. The van der Waals surface area contributed by atoms with E-state index in [1.165, 1.54) is 4.31 Å². The first kappa shape index (κ1) is 18.0. The van der Waals surface area contributed by atoms with Crippen LogP contribution in [0.3, 0.4) is 0 Å². The molecule has 1 aliphatic heterocycles. The second-order valence-electron chi connectivity index (χ2n) is 6.13. The van der Waals surface area contributed by atoms with Gasteiger partial charge in [0.1, 0.15) is 6.04 Å². The van der Waals surface area contributed by atoms with Gasteiger partial charge in [-0.15, -0.1) is 5.10 Å². The molecule has 0 aliphatic carbocycles. The van der Waals surface area contributed by atoms with Crippen molar-refractivity contribution in [1.82, 2.24) is 14.5 Å². The van der Waals surface area contributed by atoms with Gasteiger partial charge in [-0.3, -0.25) is 0 Å². The molecule has 3 rings (SSSR count). The maximum Gasteiger partial charge on any atom is 0.335 e. The first-order valence-electron chi connectivity index (χ1n) is 7.76. The van der Waals surface area contributed by atoms with E-state index in [0.717, 1.165) is 17.4 Å². The first-order valence-corrected chi connectivity index (χ1v) is 11.3. The molecule has 0 amide bonds. The maximum atomic E-state index is 12.9. The van der Waals surface area contributed by atoms with Crippen LogP contribution in [0, 0.1) is 6.92 Å². The Hall–Kier alpha value is -1.78. The summed E-state index contributed by atoms with van der Waals surface area (Å²) >= 11 is 0. The van der Waals surface area contributed by atoms with Crippen LogP contribution in [0.1, 0.15) is 35.9 Å². The van der Waals surface area contributed by atoms with Gasteiger partial charge >= 0.3 is 5.22 Å². The first-order chi connectivity index (χ1) is 11.7. The van der Waals surface area contributed by atoms with E-state index < -0.39 is 31.1 Å². The summed E-state index contributed by atoms with van der Waals surface area (Å²) < 4.78 is 55.2. The molecule has 1 aromatic carbocycles. The molecule has 2 aromatic rings. The van der Waals surface area contributed by atoms with E-state index in [1.54, 1.807) is 12.1 Å². The monoisotopic (exact) mass is 385 g/mol. The summed E-state index contributed by atoms with van der Waals surface area (Å²) in [7, 11) is -7.23. The average Bonchev–Trinajstić information content (AvgIpc) is 3.17. The van der Waals surface area contributed by atoms with Crippen LogP contribution in [0.5, 0.6) is 0 Å². The minimum absolute atomic E-state index is 0.0197. The largest absolute Gasteiger partial charge is 0.411 e. The van der Waals surface area contributed by atoms with E-state index in [2.05, 4.69) is 10.2 Å². The molecule has 0 N–H and O–H groups in total. The van der Waals surface area contributed by atoms with Crippen LogP contribution in [0.4, 0.5) is 0 Å². The zero-order chi connectivity index (χ0) is 18.2. The van der Waals surface area contributed by atoms with Crippen molar-refractivity contribution in [1.29, 1.82) is 0 Å². The summed E-state index contributed by atoms with van der Waals surface area (Å²) in [6, 6.07) is 6.68. The molecule has 1 fully saturated rings. The summed E-state index contributed by atoms with van der Waals surface area (Å²) in [5.74, 6) is -0.102. The third kappa shape index (κ3) is 3.75. The molecule has 1 aromatic heterocycles. The van der Waals surface area contributed by atoms with Crippen molar-refractivity contribution in [3.05, 3.63) is 41.3 Å². The number of rotatable bonds is 5. The van der Waals surface area contributed by atoms with Crippen LogP contribution >= 0.6 is 0 Å². The van der Waals surface area contributed by atoms with Crippen molar-refractivity contribution in [3.8, 4) is 0 Å². The highest BCUT2D eigenvalue weighted by molar-refractivity contribution is 7.90. The molecule has 0 saturated carbocycles. The minimum atomic E-state index is -3.63. The summed E-state index contributed by atoms with van der Waals surface area (Å²) in [6.07, 6.45) is 2.12. The van der Waals surface area contributed by atoms with Crippen molar-refractivity contribution < 1.29 is 21.3 Å². The molecule has 8 nitrogen and oxygen atoms in total. The number of hydrogen-bond donors (Lipinski definition) is 0. The second kappa shape index (κ2) is 6.50. The van der Waals surface area contributed by atoms with Crippen LogP contribution in [-0.2, 0) is 25.6 Å². The van der Waals surface area contributed by atoms with Crippen LogP contribution in [-0.4, -0.2) is 44.1 Å². The van der Waals surface area contributed by atoms with Crippen LogP contribution in [0.15, 0.2) is 33.9 Å². The number of aryl methyl sites for hydroxylation is 1. The van der Waals surface area contributed by atoms with Crippen molar-refractivity contribution >= 4 is 19.9 Å². The number of sulfone groups is 1. The number of aromatic nitrogens is 2. The fourth-order valence-electron chi connectivity index (χ4n) is 2.88. The molecule has 2 heterocycles. The molecule has 0 spiro atoms. The Morgan fingerprint density at radius 2 is 1.92 bits per heavy atom. The molecule has 1 saturated heterocycles. The molecule has 0 unspecified atom stereocenters. The van der Waals surface area contributed by atoms with Gasteiger partial charge in [0.05, 0.1) is 5.75 Å². The Balaban J connectivity index is 1.88. The van der Waals surface area contributed by atoms with Gasteiger partial charge in [0.25, 0.3) is 0 Å². The highest BCUT2D eigenvalue weighted by Gasteiger charge is 2.39.